The molecule has 0 aromatic heterocycles. The zero-order valence-corrected chi connectivity index (χ0v) is 14.1. The summed E-state index contributed by atoms with van der Waals surface area (Å²) in [7, 11) is 0. The van der Waals surface area contributed by atoms with Crippen molar-refractivity contribution in [3.05, 3.63) is 0 Å². The molecule has 0 aromatic carbocycles. The summed E-state index contributed by atoms with van der Waals surface area (Å²) < 4.78 is 6.02. The molecule has 0 radical (unpaired) electrons. The molecule has 0 bridgehead atoms. The number of hydrogen-bond acceptors (Lipinski definition) is 3. The Labute approximate surface area is 124 Å². The number of carbonyl (C=O) groups excluding carboxylic acids is 1. The number of nitrogens with zero attached hydrogens (tertiary/aromatic N) is 1. The second-order valence-corrected chi connectivity index (χ2v) is 8.07. The predicted molar refractivity (Wildman–Crippen MR) is 82.5 cm³/mol. The summed E-state index contributed by atoms with van der Waals surface area (Å²) in [5.41, 5.74) is 5.22. The molecule has 1 fully saturated rings. The first-order valence-corrected chi connectivity index (χ1v) is 7.64. The number of ether oxygens (including phenoxy) is 1. The molecule has 0 spiro atoms. The molecule has 1 heterocycles. The summed E-state index contributed by atoms with van der Waals surface area (Å²) in [6.07, 6.45) is 2.45. The van der Waals surface area contributed by atoms with Crippen molar-refractivity contribution in [3.63, 3.8) is 0 Å². The summed E-state index contributed by atoms with van der Waals surface area (Å²) in [6, 6.07) is 0. The van der Waals surface area contributed by atoms with Crippen molar-refractivity contribution >= 4 is 5.91 Å². The Hall–Kier alpha value is -0.610. The van der Waals surface area contributed by atoms with Crippen LogP contribution in [0, 0.1) is 5.41 Å². The molecule has 0 unspecified atom stereocenters. The van der Waals surface area contributed by atoms with Crippen LogP contribution >= 0.6 is 0 Å². The van der Waals surface area contributed by atoms with Gasteiger partial charge in [-0.2, -0.15) is 0 Å². The van der Waals surface area contributed by atoms with Crippen LogP contribution in [0.5, 0.6) is 0 Å². The van der Waals surface area contributed by atoms with Gasteiger partial charge in [0.15, 0.2) is 0 Å². The minimum absolute atomic E-state index is 0.141. The maximum Gasteiger partial charge on any atom is 0.222 e. The van der Waals surface area contributed by atoms with E-state index in [9.17, 15) is 4.79 Å². The smallest absolute Gasteiger partial charge is 0.222 e. The first-order valence-electron chi connectivity index (χ1n) is 7.64. The van der Waals surface area contributed by atoms with Gasteiger partial charge in [0.05, 0.1) is 11.2 Å². The average molecular weight is 284 g/mol. The van der Waals surface area contributed by atoms with Crippen molar-refractivity contribution < 1.29 is 9.53 Å². The first kappa shape index (κ1) is 17.4. The minimum atomic E-state index is -0.274. The monoisotopic (exact) mass is 284 g/mol. The van der Waals surface area contributed by atoms with Crippen molar-refractivity contribution in [1.82, 2.24) is 4.90 Å². The van der Waals surface area contributed by atoms with Crippen LogP contribution in [-0.2, 0) is 9.53 Å². The molecule has 1 rings (SSSR count). The van der Waals surface area contributed by atoms with Gasteiger partial charge in [0.2, 0.25) is 5.91 Å². The number of hydrogen-bond donors (Lipinski definition) is 1. The molecular formula is C16H32N2O2. The minimum Gasteiger partial charge on any atom is -0.366 e. The van der Waals surface area contributed by atoms with Crippen LogP contribution in [-0.4, -0.2) is 41.6 Å². The molecule has 1 aliphatic rings. The standard InChI is InChI=1S/C16H32N2O2/c1-14(2,9-10-17)8-7-13(19)18-11-15(3,4)20-16(5,6)12-18/h7-12,17H2,1-6H3. The van der Waals surface area contributed by atoms with E-state index in [0.717, 1.165) is 12.8 Å². The van der Waals surface area contributed by atoms with Crippen LogP contribution in [0.1, 0.15) is 60.8 Å². The van der Waals surface area contributed by atoms with Gasteiger partial charge < -0.3 is 15.4 Å². The molecule has 20 heavy (non-hydrogen) atoms. The lowest BCUT2D eigenvalue weighted by Gasteiger charge is -2.47. The van der Waals surface area contributed by atoms with E-state index in [-0.39, 0.29) is 22.5 Å². The molecule has 0 atom stereocenters. The Balaban J connectivity index is 2.59. The van der Waals surface area contributed by atoms with Gasteiger partial charge in [0.25, 0.3) is 0 Å². The van der Waals surface area contributed by atoms with Crippen LogP contribution in [0.25, 0.3) is 0 Å². The maximum atomic E-state index is 12.5. The Kier molecular flexibility index (Phi) is 5.25. The highest BCUT2D eigenvalue weighted by molar-refractivity contribution is 5.76. The van der Waals surface area contributed by atoms with Crippen LogP contribution in [0.15, 0.2) is 0 Å². The van der Waals surface area contributed by atoms with Crippen LogP contribution < -0.4 is 5.73 Å². The highest BCUT2D eigenvalue weighted by Crippen LogP contribution is 2.30. The third-order valence-corrected chi connectivity index (χ3v) is 3.89. The average Bonchev–Trinajstić information content (AvgIpc) is 2.21. The van der Waals surface area contributed by atoms with E-state index >= 15 is 0 Å². The topological polar surface area (TPSA) is 55.6 Å². The molecule has 0 saturated carbocycles. The van der Waals surface area contributed by atoms with Crippen molar-refractivity contribution in [2.75, 3.05) is 19.6 Å². The highest BCUT2D eigenvalue weighted by Gasteiger charge is 2.39. The third kappa shape index (κ3) is 5.41. The first-order chi connectivity index (χ1) is 8.96. The van der Waals surface area contributed by atoms with Gasteiger partial charge in [-0.05, 0) is 52.5 Å². The molecule has 1 saturated heterocycles. The quantitative estimate of drug-likeness (QED) is 0.844. The lowest BCUT2D eigenvalue weighted by molar-refractivity contribution is -0.188. The van der Waals surface area contributed by atoms with Crippen LogP contribution in [0.2, 0.25) is 0 Å². The summed E-state index contributed by atoms with van der Waals surface area (Å²) in [4.78, 5) is 14.4. The zero-order valence-electron chi connectivity index (χ0n) is 14.1. The molecule has 2 N–H and O–H groups in total. The van der Waals surface area contributed by atoms with Gasteiger partial charge >= 0.3 is 0 Å². The summed E-state index contributed by atoms with van der Waals surface area (Å²) in [6.45, 7) is 14.6. The second-order valence-electron chi connectivity index (χ2n) is 8.07. The number of rotatable bonds is 5. The number of nitrogens with two attached hydrogens (primary N) is 1. The molecule has 0 aromatic rings. The van der Waals surface area contributed by atoms with Crippen molar-refractivity contribution in [2.24, 2.45) is 11.1 Å². The Morgan fingerprint density at radius 3 is 2.10 bits per heavy atom. The molecule has 0 aliphatic carbocycles. The Morgan fingerprint density at radius 1 is 1.15 bits per heavy atom. The van der Waals surface area contributed by atoms with E-state index in [4.69, 9.17) is 10.5 Å². The van der Waals surface area contributed by atoms with Crippen molar-refractivity contribution in [2.45, 2.75) is 72.0 Å². The van der Waals surface area contributed by atoms with E-state index in [1.807, 2.05) is 32.6 Å². The summed E-state index contributed by atoms with van der Waals surface area (Å²) in [5.74, 6) is 0.236. The number of morpholine rings is 1. The van der Waals surface area contributed by atoms with Gasteiger partial charge in [0, 0.05) is 19.5 Å². The fraction of sp³-hybridized carbons (Fsp3) is 0.938. The Morgan fingerprint density at radius 2 is 1.65 bits per heavy atom. The number of amides is 1. The van der Waals surface area contributed by atoms with Gasteiger partial charge in [-0.3, -0.25) is 4.79 Å². The van der Waals surface area contributed by atoms with Gasteiger partial charge in [-0.1, -0.05) is 13.8 Å². The fourth-order valence-corrected chi connectivity index (χ4v) is 3.08. The summed E-state index contributed by atoms with van der Waals surface area (Å²) in [5, 5.41) is 0. The van der Waals surface area contributed by atoms with Gasteiger partial charge in [-0.15, -0.1) is 0 Å². The van der Waals surface area contributed by atoms with Crippen LogP contribution in [0.4, 0.5) is 0 Å². The van der Waals surface area contributed by atoms with E-state index in [1.165, 1.54) is 0 Å². The zero-order chi connectivity index (χ0) is 15.6. The molecule has 1 amide bonds. The summed E-state index contributed by atoms with van der Waals surface area (Å²) >= 11 is 0. The highest BCUT2D eigenvalue weighted by atomic mass is 16.5. The van der Waals surface area contributed by atoms with E-state index in [1.54, 1.807) is 0 Å². The number of carbonyl (C=O) groups is 1. The van der Waals surface area contributed by atoms with E-state index in [2.05, 4.69) is 13.8 Å². The molecule has 4 nitrogen and oxygen atoms in total. The SMILES string of the molecule is CC(C)(CCN)CCC(=O)N1CC(C)(C)OC(C)(C)C1. The second kappa shape index (κ2) is 6.02. The third-order valence-electron chi connectivity index (χ3n) is 3.89. The van der Waals surface area contributed by atoms with Gasteiger partial charge in [-0.25, -0.2) is 0 Å². The molecule has 1 aliphatic heterocycles. The van der Waals surface area contributed by atoms with E-state index in [0.29, 0.717) is 26.1 Å². The predicted octanol–water partition coefficient (Wildman–Crippen LogP) is 2.56. The largest absolute Gasteiger partial charge is 0.366 e. The molecule has 4 heteroatoms. The van der Waals surface area contributed by atoms with E-state index < -0.39 is 0 Å². The van der Waals surface area contributed by atoms with Gasteiger partial charge in [0.1, 0.15) is 0 Å². The fourth-order valence-electron chi connectivity index (χ4n) is 3.08. The Bertz CT molecular complexity index is 332. The van der Waals surface area contributed by atoms with Crippen molar-refractivity contribution in [3.8, 4) is 0 Å². The van der Waals surface area contributed by atoms with Crippen molar-refractivity contribution in [1.29, 1.82) is 0 Å². The normalized spacial score (nSPS) is 21.9. The van der Waals surface area contributed by atoms with Crippen LogP contribution in [0.3, 0.4) is 0 Å². The lowest BCUT2D eigenvalue weighted by atomic mass is 9.84. The molecule has 118 valence electrons. The molecular weight excluding hydrogens is 252 g/mol. The maximum absolute atomic E-state index is 12.5. The lowest BCUT2D eigenvalue weighted by Crippen LogP contribution is -2.58.